The van der Waals surface area contributed by atoms with Gasteiger partial charge in [-0.1, -0.05) is 26.0 Å². The topological polar surface area (TPSA) is 43.9 Å². The summed E-state index contributed by atoms with van der Waals surface area (Å²) in [6.45, 7) is 10.8. The monoisotopic (exact) mass is 411 g/mol. The van der Waals surface area contributed by atoms with Crippen LogP contribution in [-0.2, 0) is 6.54 Å². The fourth-order valence-electron chi connectivity index (χ4n) is 3.77. The van der Waals surface area contributed by atoms with Crippen LogP contribution in [0, 0.1) is 5.82 Å². The Labute approximate surface area is 178 Å². The first kappa shape index (κ1) is 22.0. The Morgan fingerprint density at radius 1 is 0.933 bits per heavy atom. The molecule has 2 aromatic rings. The number of rotatable bonds is 7. The predicted molar refractivity (Wildman–Crippen MR) is 118 cm³/mol. The maximum atomic E-state index is 14.4. The Kier molecular flexibility index (Phi) is 7.21. The van der Waals surface area contributed by atoms with Crippen LogP contribution in [0.3, 0.4) is 0 Å². The Bertz CT molecular complexity index is 886. The molecule has 0 N–H and O–H groups in total. The van der Waals surface area contributed by atoms with Gasteiger partial charge in [-0.05, 0) is 55.9 Å². The number of halogens is 1. The average Bonchev–Trinajstić information content (AvgIpc) is 2.77. The van der Waals surface area contributed by atoms with E-state index in [0.29, 0.717) is 43.0 Å². The van der Waals surface area contributed by atoms with Gasteiger partial charge >= 0.3 is 0 Å². The Morgan fingerprint density at radius 3 is 2.07 bits per heavy atom. The van der Waals surface area contributed by atoms with Gasteiger partial charge in [0.1, 0.15) is 5.82 Å². The zero-order chi connectivity index (χ0) is 21.7. The maximum absolute atomic E-state index is 14.4. The van der Waals surface area contributed by atoms with Crippen LogP contribution in [0.2, 0.25) is 0 Å². The molecular formula is C24H30FN3O2. The summed E-state index contributed by atoms with van der Waals surface area (Å²) >= 11 is 0. The number of hydrogen-bond donors (Lipinski definition) is 0. The molecule has 0 aromatic heterocycles. The van der Waals surface area contributed by atoms with Crippen molar-refractivity contribution in [2.24, 2.45) is 0 Å². The smallest absolute Gasteiger partial charge is 0.253 e. The molecule has 1 fully saturated rings. The van der Waals surface area contributed by atoms with E-state index < -0.39 is 5.82 Å². The molecule has 6 heteroatoms. The lowest BCUT2D eigenvalue weighted by Crippen LogP contribution is -2.49. The first-order chi connectivity index (χ1) is 14.4. The van der Waals surface area contributed by atoms with E-state index >= 15 is 0 Å². The van der Waals surface area contributed by atoms with Crippen molar-refractivity contribution in [2.75, 3.05) is 44.2 Å². The van der Waals surface area contributed by atoms with Crippen molar-refractivity contribution in [3.63, 3.8) is 0 Å². The second kappa shape index (κ2) is 9.85. The van der Waals surface area contributed by atoms with Crippen molar-refractivity contribution in [1.29, 1.82) is 0 Å². The van der Waals surface area contributed by atoms with Crippen molar-refractivity contribution >= 4 is 17.4 Å². The first-order valence-corrected chi connectivity index (χ1v) is 10.6. The van der Waals surface area contributed by atoms with Gasteiger partial charge in [0.05, 0.1) is 5.69 Å². The molecule has 1 heterocycles. The zero-order valence-corrected chi connectivity index (χ0v) is 18.0. The molecule has 3 rings (SSSR count). The molecule has 0 bridgehead atoms. The van der Waals surface area contributed by atoms with Crippen LogP contribution in [0.4, 0.5) is 10.1 Å². The highest BCUT2D eigenvalue weighted by Crippen LogP contribution is 2.23. The fraction of sp³-hybridized carbons (Fsp3) is 0.417. The number of ketones is 1. The van der Waals surface area contributed by atoms with Gasteiger partial charge in [0.25, 0.3) is 5.91 Å². The Hall–Kier alpha value is -2.73. The molecule has 1 saturated heterocycles. The standard InChI is InChI=1S/C24H30FN3O2/c1-4-26(5-2)17-19-6-8-20(9-7-19)24(30)28-14-12-27(13-15-28)23-11-10-21(18(3)29)16-22(23)25/h6-11,16H,4-5,12-15,17H2,1-3H3. The van der Waals surface area contributed by atoms with Crippen molar-refractivity contribution < 1.29 is 14.0 Å². The molecule has 5 nitrogen and oxygen atoms in total. The van der Waals surface area contributed by atoms with Gasteiger partial charge in [0.2, 0.25) is 0 Å². The first-order valence-electron chi connectivity index (χ1n) is 10.6. The number of anilines is 1. The summed E-state index contributed by atoms with van der Waals surface area (Å²) in [5.74, 6) is -0.540. The van der Waals surface area contributed by atoms with Gasteiger partial charge in [0.15, 0.2) is 5.78 Å². The number of amides is 1. The number of Topliss-reactive ketones (excluding diaryl/α,β-unsaturated/α-hetero) is 1. The highest BCUT2D eigenvalue weighted by molar-refractivity contribution is 5.95. The summed E-state index contributed by atoms with van der Waals surface area (Å²) in [5, 5.41) is 0. The lowest BCUT2D eigenvalue weighted by atomic mass is 10.1. The summed E-state index contributed by atoms with van der Waals surface area (Å²) in [5.41, 5.74) is 2.73. The molecule has 0 unspecified atom stereocenters. The normalized spacial score (nSPS) is 14.3. The third kappa shape index (κ3) is 5.05. The Balaban J connectivity index is 1.59. The molecule has 1 amide bonds. The van der Waals surface area contributed by atoms with E-state index in [1.165, 1.54) is 18.6 Å². The molecule has 1 aliphatic heterocycles. The van der Waals surface area contributed by atoms with E-state index in [1.54, 1.807) is 12.1 Å². The van der Waals surface area contributed by atoms with Crippen molar-refractivity contribution in [3.05, 3.63) is 65.0 Å². The minimum absolute atomic E-state index is 0.0106. The highest BCUT2D eigenvalue weighted by Gasteiger charge is 2.24. The SMILES string of the molecule is CCN(CC)Cc1ccc(C(=O)N2CCN(c3ccc(C(C)=O)cc3F)CC2)cc1. The average molecular weight is 412 g/mol. The number of nitrogens with zero attached hydrogens (tertiary/aromatic N) is 3. The van der Waals surface area contributed by atoms with Crippen LogP contribution in [0.15, 0.2) is 42.5 Å². The summed E-state index contributed by atoms with van der Waals surface area (Å²) in [6, 6.07) is 12.4. The molecule has 0 radical (unpaired) electrons. The summed E-state index contributed by atoms with van der Waals surface area (Å²) in [6.07, 6.45) is 0. The van der Waals surface area contributed by atoms with Gasteiger partial charge in [-0.15, -0.1) is 0 Å². The van der Waals surface area contributed by atoms with Gasteiger partial charge in [-0.25, -0.2) is 4.39 Å². The van der Waals surface area contributed by atoms with E-state index in [0.717, 1.165) is 19.6 Å². The summed E-state index contributed by atoms with van der Waals surface area (Å²) in [4.78, 5) is 30.4. The van der Waals surface area contributed by atoms with Gasteiger partial charge in [-0.3, -0.25) is 14.5 Å². The van der Waals surface area contributed by atoms with E-state index in [9.17, 15) is 14.0 Å². The van der Waals surface area contributed by atoms with E-state index in [-0.39, 0.29) is 11.7 Å². The van der Waals surface area contributed by atoms with Crippen molar-refractivity contribution in [3.8, 4) is 0 Å². The van der Waals surface area contributed by atoms with E-state index in [4.69, 9.17) is 0 Å². The van der Waals surface area contributed by atoms with Crippen LogP contribution in [0.5, 0.6) is 0 Å². The summed E-state index contributed by atoms with van der Waals surface area (Å²) in [7, 11) is 0. The highest BCUT2D eigenvalue weighted by atomic mass is 19.1. The molecule has 160 valence electrons. The molecule has 2 aromatic carbocycles. The lowest BCUT2D eigenvalue weighted by Gasteiger charge is -2.36. The molecule has 1 aliphatic rings. The van der Waals surface area contributed by atoms with Crippen molar-refractivity contribution in [1.82, 2.24) is 9.80 Å². The van der Waals surface area contributed by atoms with Crippen LogP contribution in [0.1, 0.15) is 47.1 Å². The van der Waals surface area contributed by atoms with Crippen LogP contribution < -0.4 is 4.90 Å². The quantitative estimate of drug-likeness (QED) is 0.650. The predicted octanol–water partition coefficient (Wildman–Crippen LogP) is 3.83. The number of piperazine rings is 1. The molecule has 0 aliphatic carbocycles. The largest absolute Gasteiger partial charge is 0.366 e. The number of hydrogen-bond acceptors (Lipinski definition) is 4. The molecule has 30 heavy (non-hydrogen) atoms. The lowest BCUT2D eigenvalue weighted by molar-refractivity contribution is 0.0746. The van der Waals surface area contributed by atoms with Crippen LogP contribution >= 0.6 is 0 Å². The van der Waals surface area contributed by atoms with E-state index in [2.05, 4.69) is 18.7 Å². The molecule has 0 saturated carbocycles. The molecule has 0 atom stereocenters. The van der Waals surface area contributed by atoms with Gasteiger partial charge < -0.3 is 9.80 Å². The fourth-order valence-corrected chi connectivity index (χ4v) is 3.77. The number of carbonyl (C=O) groups excluding carboxylic acids is 2. The van der Waals surface area contributed by atoms with Crippen LogP contribution in [-0.4, -0.2) is 60.8 Å². The number of benzene rings is 2. The third-order valence-electron chi connectivity index (χ3n) is 5.76. The van der Waals surface area contributed by atoms with Crippen molar-refractivity contribution in [2.45, 2.75) is 27.3 Å². The second-order valence-corrected chi connectivity index (χ2v) is 7.66. The molecule has 0 spiro atoms. The molecular weight excluding hydrogens is 381 g/mol. The third-order valence-corrected chi connectivity index (χ3v) is 5.76. The minimum atomic E-state index is -0.397. The second-order valence-electron chi connectivity index (χ2n) is 7.66. The van der Waals surface area contributed by atoms with Gasteiger partial charge in [-0.2, -0.15) is 0 Å². The Morgan fingerprint density at radius 2 is 1.53 bits per heavy atom. The minimum Gasteiger partial charge on any atom is -0.366 e. The van der Waals surface area contributed by atoms with E-state index in [1.807, 2.05) is 34.1 Å². The van der Waals surface area contributed by atoms with Crippen LogP contribution in [0.25, 0.3) is 0 Å². The zero-order valence-electron chi connectivity index (χ0n) is 18.0. The summed E-state index contributed by atoms with van der Waals surface area (Å²) < 4.78 is 14.4. The van der Waals surface area contributed by atoms with Gasteiger partial charge in [0, 0.05) is 43.9 Å². The maximum Gasteiger partial charge on any atom is 0.253 e. The number of carbonyl (C=O) groups is 2.